The molecule has 0 unspecified atom stereocenters. The van der Waals surface area contributed by atoms with E-state index < -0.39 is 0 Å². The molecule has 4 rings (SSSR count). The molecule has 0 bridgehead atoms. The molecule has 1 N–H and O–H groups in total. The van der Waals surface area contributed by atoms with Crippen molar-refractivity contribution in [2.24, 2.45) is 0 Å². The number of aromatic nitrogens is 3. The number of carbonyl (C=O) groups is 1. The standard InChI is InChI=1S/C24H24N4O3/c1-14-7-6-8-17(11-14)22-15(2)27-28-16(3)19(13-25-23(22)28)24(29)26-18-9-10-20(30-4)21(12-18)31-5/h6-13H,1-5H3,(H,26,29). The van der Waals surface area contributed by atoms with Gasteiger partial charge >= 0.3 is 0 Å². The summed E-state index contributed by atoms with van der Waals surface area (Å²) in [6.07, 6.45) is 1.60. The third-order valence-electron chi connectivity index (χ3n) is 5.25. The first kappa shape index (κ1) is 20.4. The second kappa shape index (κ2) is 8.10. The van der Waals surface area contributed by atoms with E-state index in [1.807, 2.05) is 26.0 Å². The van der Waals surface area contributed by atoms with Gasteiger partial charge in [0.05, 0.1) is 31.2 Å². The summed E-state index contributed by atoms with van der Waals surface area (Å²) in [6, 6.07) is 13.4. The fourth-order valence-corrected chi connectivity index (χ4v) is 3.68. The van der Waals surface area contributed by atoms with Crippen molar-refractivity contribution in [3.8, 4) is 22.6 Å². The molecule has 2 aromatic heterocycles. The molecule has 0 radical (unpaired) electrons. The molecular weight excluding hydrogens is 392 g/mol. The second-order valence-electron chi connectivity index (χ2n) is 7.35. The largest absolute Gasteiger partial charge is 0.493 e. The summed E-state index contributed by atoms with van der Waals surface area (Å²) in [5, 5.41) is 7.55. The average molecular weight is 416 g/mol. The fourth-order valence-electron chi connectivity index (χ4n) is 3.68. The highest BCUT2D eigenvalue weighted by Gasteiger charge is 2.19. The molecule has 0 aliphatic carbocycles. The number of aryl methyl sites for hydroxylation is 3. The zero-order valence-corrected chi connectivity index (χ0v) is 18.2. The van der Waals surface area contributed by atoms with E-state index in [0.29, 0.717) is 28.4 Å². The number of ether oxygens (including phenoxy) is 2. The lowest BCUT2D eigenvalue weighted by Gasteiger charge is -2.12. The summed E-state index contributed by atoms with van der Waals surface area (Å²) in [4.78, 5) is 17.6. The van der Waals surface area contributed by atoms with Crippen LogP contribution < -0.4 is 14.8 Å². The van der Waals surface area contributed by atoms with Gasteiger partial charge in [0.2, 0.25) is 0 Å². The normalized spacial score (nSPS) is 10.9. The summed E-state index contributed by atoms with van der Waals surface area (Å²) in [5.74, 6) is 0.857. The topological polar surface area (TPSA) is 77.8 Å². The minimum Gasteiger partial charge on any atom is -0.493 e. The molecule has 158 valence electrons. The van der Waals surface area contributed by atoms with E-state index in [2.05, 4.69) is 34.5 Å². The van der Waals surface area contributed by atoms with E-state index in [4.69, 9.17) is 9.47 Å². The fraction of sp³-hybridized carbons (Fsp3) is 0.208. The van der Waals surface area contributed by atoms with Crippen LogP contribution in [0.15, 0.2) is 48.7 Å². The summed E-state index contributed by atoms with van der Waals surface area (Å²) in [7, 11) is 3.12. The number of hydrogen-bond acceptors (Lipinski definition) is 5. The first-order valence-corrected chi connectivity index (χ1v) is 9.88. The highest BCUT2D eigenvalue weighted by Crippen LogP contribution is 2.31. The molecule has 0 aliphatic heterocycles. The minimum absolute atomic E-state index is 0.274. The van der Waals surface area contributed by atoms with Crippen LogP contribution in [0.2, 0.25) is 0 Å². The predicted octanol–water partition coefficient (Wildman–Crippen LogP) is 4.59. The van der Waals surface area contributed by atoms with E-state index in [9.17, 15) is 4.79 Å². The Balaban J connectivity index is 1.71. The lowest BCUT2D eigenvalue weighted by atomic mass is 10.0. The molecule has 0 saturated carbocycles. The Morgan fingerprint density at radius 3 is 2.48 bits per heavy atom. The number of fused-ring (bicyclic) bond motifs is 1. The van der Waals surface area contributed by atoms with E-state index in [-0.39, 0.29) is 5.91 Å². The number of hydrogen-bond donors (Lipinski definition) is 1. The van der Waals surface area contributed by atoms with Gasteiger partial charge in [-0.1, -0.05) is 29.8 Å². The van der Waals surface area contributed by atoms with Gasteiger partial charge in [0.1, 0.15) is 0 Å². The first-order valence-electron chi connectivity index (χ1n) is 9.88. The van der Waals surface area contributed by atoms with Crippen LogP contribution in [0.1, 0.15) is 27.3 Å². The average Bonchev–Trinajstić information content (AvgIpc) is 3.10. The number of amides is 1. The minimum atomic E-state index is -0.274. The quantitative estimate of drug-likeness (QED) is 0.515. The van der Waals surface area contributed by atoms with Gasteiger partial charge in [0.25, 0.3) is 5.91 Å². The maximum atomic E-state index is 13.0. The van der Waals surface area contributed by atoms with Crippen LogP contribution in [0.5, 0.6) is 11.5 Å². The molecule has 0 atom stereocenters. The number of anilines is 1. The Bertz CT molecular complexity index is 1290. The Hall–Kier alpha value is -3.87. The Kier molecular flexibility index (Phi) is 5.33. The van der Waals surface area contributed by atoms with Crippen molar-refractivity contribution in [3.05, 3.63) is 71.2 Å². The van der Waals surface area contributed by atoms with Crippen LogP contribution in [0.25, 0.3) is 16.8 Å². The van der Waals surface area contributed by atoms with Crippen molar-refractivity contribution in [3.63, 3.8) is 0 Å². The zero-order valence-electron chi connectivity index (χ0n) is 18.2. The molecule has 0 saturated heterocycles. The second-order valence-corrected chi connectivity index (χ2v) is 7.35. The van der Waals surface area contributed by atoms with E-state index in [1.54, 1.807) is 43.1 Å². The number of methoxy groups -OCH3 is 2. The highest BCUT2D eigenvalue weighted by molar-refractivity contribution is 6.05. The predicted molar refractivity (Wildman–Crippen MR) is 120 cm³/mol. The van der Waals surface area contributed by atoms with Gasteiger partial charge in [-0.05, 0) is 38.5 Å². The summed E-state index contributed by atoms with van der Waals surface area (Å²) in [6.45, 7) is 5.87. The molecule has 4 aromatic rings. The van der Waals surface area contributed by atoms with Crippen molar-refractivity contribution < 1.29 is 14.3 Å². The first-order chi connectivity index (χ1) is 14.9. The number of rotatable bonds is 5. The van der Waals surface area contributed by atoms with Crippen LogP contribution in [0.3, 0.4) is 0 Å². The highest BCUT2D eigenvalue weighted by atomic mass is 16.5. The molecule has 2 aromatic carbocycles. The van der Waals surface area contributed by atoms with Gasteiger partial charge in [0, 0.05) is 23.5 Å². The molecule has 0 spiro atoms. The number of benzene rings is 2. The zero-order chi connectivity index (χ0) is 22.1. The smallest absolute Gasteiger partial charge is 0.259 e. The number of nitrogens with zero attached hydrogens (tertiary/aromatic N) is 3. The van der Waals surface area contributed by atoms with Crippen LogP contribution in [-0.2, 0) is 0 Å². The molecule has 2 heterocycles. The van der Waals surface area contributed by atoms with Crippen LogP contribution in [-0.4, -0.2) is 34.7 Å². The van der Waals surface area contributed by atoms with Crippen molar-refractivity contribution >= 4 is 17.2 Å². The van der Waals surface area contributed by atoms with E-state index in [1.165, 1.54) is 5.56 Å². The molecule has 0 aliphatic rings. The van der Waals surface area contributed by atoms with Crippen LogP contribution in [0.4, 0.5) is 5.69 Å². The Morgan fingerprint density at radius 1 is 1.00 bits per heavy atom. The molecule has 1 amide bonds. The summed E-state index contributed by atoms with van der Waals surface area (Å²) >= 11 is 0. The Labute approximate surface area is 180 Å². The van der Waals surface area contributed by atoms with Crippen molar-refractivity contribution in [2.75, 3.05) is 19.5 Å². The lowest BCUT2D eigenvalue weighted by Crippen LogP contribution is -2.16. The van der Waals surface area contributed by atoms with Crippen molar-refractivity contribution in [1.29, 1.82) is 0 Å². The SMILES string of the molecule is COc1ccc(NC(=O)c2cnc3c(-c4cccc(C)c4)c(C)nn3c2C)cc1OC. The molecule has 7 nitrogen and oxygen atoms in total. The third kappa shape index (κ3) is 3.70. The monoisotopic (exact) mass is 416 g/mol. The molecule has 31 heavy (non-hydrogen) atoms. The molecule has 7 heteroatoms. The number of carbonyl (C=O) groups excluding carboxylic acids is 1. The van der Waals surface area contributed by atoms with Crippen LogP contribution in [0, 0.1) is 20.8 Å². The lowest BCUT2D eigenvalue weighted by molar-refractivity contribution is 0.102. The van der Waals surface area contributed by atoms with Gasteiger partial charge in [0.15, 0.2) is 17.1 Å². The van der Waals surface area contributed by atoms with Gasteiger partial charge in [-0.3, -0.25) is 4.79 Å². The van der Waals surface area contributed by atoms with E-state index in [0.717, 1.165) is 22.5 Å². The summed E-state index contributed by atoms with van der Waals surface area (Å²) < 4.78 is 12.3. The van der Waals surface area contributed by atoms with Gasteiger partial charge < -0.3 is 14.8 Å². The van der Waals surface area contributed by atoms with Crippen molar-refractivity contribution in [1.82, 2.24) is 14.6 Å². The summed E-state index contributed by atoms with van der Waals surface area (Å²) in [5.41, 5.74) is 6.53. The maximum Gasteiger partial charge on any atom is 0.259 e. The number of nitrogens with one attached hydrogen (secondary N) is 1. The van der Waals surface area contributed by atoms with Gasteiger partial charge in [-0.15, -0.1) is 0 Å². The van der Waals surface area contributed by atoms with E-state index >= 15 is 0 Å². The third-order valence-corrected chi connectivity index (χ3v) is 5.25. The Morgan fingerprint density at radius 2 is 1.77 bits per heavy atom. The maximum absolute atomic E-state index is 13.0. The van der Waals surface area contributed by atoms with Crippen molar-refractivity contribution in [2.45, 2.75) is 20.8 Å². The van der Waals surface area contributed by atoms with Crippen LogP contribution >= 0.6 is 0 Å². The van der Waals surface area contributed by atoms with Gasteiger partial charge in [-0.25, -0.2) is 9.50 Å². The van der Waals surface area contributed by atoms with Gasteiger partial charge in [-0.2, -0.15) is 5.10 Å². The molecule has 0 fully saturated rings. The molecular formula is C24H24N4O3.